The van der Waals surface area contributed by atoms with Crippen molar-refractivity contribution >= 4 is 29.8 Å². The number of carbonyl (C=O) groups excluding carboxylic acids is 2. The Morgan fingerprint density at radius 2 is 2.05 bits per heavy atom. The number of hydrogen-bond donors (Lipinski definition) is 2. The molecule has 0 heterocycles. The molecule has 102 valence electrons. The molecule has 0 saturated heterocycles. The van der Waals surface area contributed by atoms with E-state index < -0.39 is 11.9 Å². The second kappa shape index (κ2) is 8.10. The molecule has 1 aromatic rings. The molecule has 0 aliphatic rings. The lowest BCUT2D eigenvalue weighted by Gasteiger charge is -2.03. The van der Waals surface area contributed by atoms with Gasteiger partial charge in [-0.05, 0) is 24.6 Å². The van der Waals surface area contributed by atoms with E-state index in [-0.39, 0.29) is 6.61 Å². The van der Waals surface area contributed by atoms with Crippen LogP contribution in [0.25, 0.3) is 0 Å². The highest BCUT2D eigenvalue weighted by molar-refractivity contribution is 6.30. The number of nitrogens with zero attached hydrogens (tertiary/aromatic N) is 1. The van der Waals surface area contributed by atoms with Crippen LogP contribution >= 0.6 is 11.6 Å². The van der Waals surface area contributed by atoms with Crippen molar-refractivity contribution in [3.8, 4) is 0 Å². The summed E-state index contributed by atoms with van der Waals surface area (Å²) >= 11 is 5.72. The van der Waals surface area contributed by atoms with Crippen molar-refractivity contribution in [3.63, 3.8) is 0 Å². The minimum absolute atomic E-state index is 0.332. The molecule has 0 fully saturated rings. The number of oxime groups is 1. The molecule has 0 spiro atoms. The topological polar surface area (TPSA) is 79.8 Å². The molecule has 0 aliphatic carbocycles. The van der Waals surface area contributed by atoms with Gasteiger partial charge >= 0.3 is 6.03 Å². The summed E-state index contributed by atoms with van der Waals surface area (Å²) in [5.74, 6) is -0.570. The molecule has 0 saturated carbocycles. The van der Waals surface area contributed by atoms with Crippen molar-refractivity contribution in [2.24, 2.45) is 5.16 Å². The van der Waals surface area contributed by atoms with Crippen molar-refractivity contribution in [2.75, 3.05) is 13.2 Å². The number of benzene rings is 1. The Morgan fingerprint density at radius 3 is 2.68 bits per heavy atom. The molecule has 19 heavy (non-hydrogen) atoms. The fourth-order valence-electron chi connectivity index (χ4n) is 1.11. The summed E-state index contributed by atoms with van der Waals surface area (Å²) in [7, 11) is 0. The third-order valence-electron chi connectivity index (χ3n) is 1.93. The zero-order valence-electron chi connectivity index (χ0n) is 10.4. The van der Waals surface area contributed by atoms with Gasteiger partial charge in [-0.2, -0.15) is 0 Å². The second-order valence-electron chi connectivity index (χ2n) is 3.47. The van der Waals surface area contributed by atoms with Crippen LogP contribution in [0.4, 0.5) is 4.79 Å². The Morgan fingerprint density at radius 1 is 1.37 bits per heavy atom. The average Bonchev–Trinajstić information content (AvgIpc) is 2.37. The Balaban J connectivity index is 2.28. The van der Waals surface area contributed by atoms with Gasteiger partial charge < -0.3 is 10.2 Å². The van der Waals surface area contributed by atoms with E-state index in [1.54, 1.807) is 31.2 Å². The van der Waals surface area contributed by atoms with Gasteiger partial charge in [0.2, 0.25) is 0 Å². The second-order valence-corrected chi connectivity index (χ2v) is 3.90. The molecule has 2 N–H and O–H groups in total. The number of hydrogen-bond acceptors (Lipinski definition) is 4. The normalized spacial score (nSPS) is 10.2. The highest BCUT2D eigenvalue weighted by atomic mass is 35.5. The first-order valence-electron chi connectivity index (χ1n) is 5.60. The van der Waals surface area contributed by atoms with Gasteiger partial charge in [0, 0.05) is 11.6 Å². The monoisotopic (exact) mass is 283 g/mol. The number of carbonyl (C=O) groups is 2. The Hall–Kier alpha value is -2.08. The van der Waals surface area contributed by atoms with Gasteiger partial charge in [-0.25, -0.2) is 4.79 Å². The van der Waals surface area contributed by atoms with Gasteiger partial charge in [0.25, 0.3) is 5.91 Å². The molecule has 3 amide bonds. The summed E-state index contributed by atoms with van der Waals surface area (Å²) in [4.78, 5) is 26.9. The van der Waals surface area contributed by atoms with E-state index in [9.17, 15) is 9.59 Å². The number of urea groups is 1. The largest absolute Gasteiger partial charge is 0.386 e. The molecular weight excluding hydrogens is 270 g/mol. The summed E-state index contributed by atoms with van der Waals surface area (Å²) < 4.78 is 0. The molecule has 7 heteroatoms. The van der Waals surface area contributed by atoms with Gasteiger partial charge in [0.05, 0.1) is 6.21 Å². The van der Waals surface area contributed by atoms with Crippen molar-refractivity contribution < 1.29 is 14.4 Å². The van der Waals surface area contributed by atoms with E-state index >= 15 is 0 Å². The zero-order valence-corrected chi connectivity index (χ0v) is 11.1. The summed E-state index contributed by atoms with van der Waals surface area (Å²) in [5.41, 5.74) is 0.786. The lowest BCUT2D eigenvalue weighted by atomic mass is 10.2. The Kier molecular flexibility index (Phi) is 6.38. The molecule has 0 bridgehead atoms. The first kappa shape index (κ1) is 15.0. The summed E-state index contributed by atoms with van der Waals surface area (Å²) in [6.45, 7) is 1.85. The summed E-state index contributed by atoms with van der Waals surface area (Å²) in [6, 6.07) is 6.38. The van der Waals surface area contributed by atoms with E-state index in [2.05, 4.69) is 15.8 Å². The molecule has 1 rings (SSSR count). The molecule has 0 aliphatic heterocycles. The van der Waals surface area contributed by atoms with Crippen molar-refractivity contribution in [3.05, 3.63) is 34.9 Å². The maximum absolute atomic E-state index is 11.2. The molecule has 6 nitrogen and oxygen atoms in total. The van der Waals surface area contributed by atoms with Gasteiger partial charge in [0.1, 0.15) is 0 Å². The first-order chi connectivity index (χ1) is 9.11. The Bertz CT molecular complexity index is 460. The van der Waals surface area contributed by atoms with Crippen LogP contribution < -0.4 is 10.6 Å². The van der Waals surface area contributed by atoms with Gasteiger partial charge in [-0.3, -0.25) is 10.1 Å². The lowest BCUT2D eigenvalue weighted by Crippen LogP contribution is -2.40. The van der Waals surface area contributed by atoms with Crippen LogP contribution in [-0.4, -0.2) is 31.3 Å². The summed E-state index contributed by atoms with van der Waals surface area (Å²) in [5, 5.41) is 8.73. The van der Waals surface area contributed by atoms with Crippen LogP contribution in [0.1, 0.15) is 12.5 Å². The van der Waals surface area contributed by atoms with Crippen LogP contribution in [0.5, 0.6) is 0 Å². The molecular formula is C12H14ClN3O3. The van der Waals surface area contributed by atoms with E-state index in [4.69, 9.17) is 16.4 Å². The Labute approximate surface area is 115 Å². The highest BCUT2D eigenvalue weighted by Gasteiger charge is 2.05. The van der Waals surface area contributed by atoms with Crippen molar-refractivity contribution in [1.29, 1.82) is 0 Å². The van der Waals surface area contributed by atoms with Crippen LogP contribution in [0.2, 0.25) is 5.02 Å². The summed E-state index contributed by atoms with van der Waals surface area (Å²) in [6.07, 6.45) is 1.44. The van der Waals surface area contributed by atoms with Crippen molar-refractivity contribution in [2.45, 2.75) is 6.92 Å². The number of imide groups is 1. The smallest absolute Gasteiger partial charge is 0.321 e. The maximum Gasteiger partial charge on any atom is 0.321 e. The number of rotatable bonds is 5. The zero-order chi connectivity index (χ0) is 14.1. The average molecular weight is 284 g/mol. The highest BCUT2D eigenvalue weighted by Crippen LogP contribution is 2.07. The minimum atomic E-state index is -0.570. The van der Waals surface area contributed by atoms with Crippen LogP contribution in [0, 0.1) is 0 Å². The van der Waals surface area contributed by atoms with E-state index in [0.717, 1.165) is 5.56 Å². The first-order valence-corrected chi connectivity index (χ1v) is 5.98. The lowest BCUT2D eigenvalue weighted by molar-refractivity contribution is -0.124. The van der Waals surface area contributed by atoms with Crippen LogP contribution in [-0.2, 0) is 9.63 Å². The van der Waals surface area contributed by atoms with E-state index in [1.165, 1.54) is 6.21 Å². The fraction of sp³-hybridized carbons (Fsp3) is 0.250. The van der Waals surface area contributed by atoms with Crippen LogP contribution in [0.15, 0.2) is 29.4 Å². The quantitative estimate of drug-likeness (QED) is 0.635. The third-order valence-corrected chi connectivity index (χ3v) is 2.18. The predicted molar refractivity (Wildman–Crippen MR) is 72.2 cm³/mol. The number of nitrogens with one attached hydrogen (secondary N) is 2. The van der Waals surface area contributed by atoms with Gasteiger partial charge in [0.15, 0.2) is 6.61 Å². The van der Waals surface area contributed by atoms with Gasteiger partial charge in [-0.1, -0.05) is 28.9 Å². The third kappa shape index (κ3) is 6.42. The molecule has 0 unspecified atom stereocenters. The SMILES string of the molecule is CCNC(=O)NC(=O)CO/N=C\c1ccc(Cl)cc1. The number of halogens is 1. The molecule has 0 aromatic heterocycles. The van der Waals surface area contributed by atoms with E-state index in [1.807, 2.05) is 0 Å². The predicted octanol–water partition coefficient (Wildman–Crippen LogP) is 1.54. The number of amides is 3. The molecule has 1 aromatic carbocycles. The van der Waals surface area contributed by atoms with Crippen LogP contribution in [0.3, 0.4) is 0 Å². The standard InChI is InChI=1S/C12H14ClN3O3/c1-2-14-12(18)16-11(17)8-19-15-7-9-3-5-10(13)6-4-9/h3-7H,2,8H2,1H3,(H2,14,16,17,18)/b15-7-. The minimum Gasteiger partial charge on any atom is -0.386 e. The fourth-order valence-corrected chi connectivity index (χ4v) is 1.24. The maximum atomic E-state index is 11.2. The van der Waals surface area contributed by atoms with Gasteiger partial charge in [-0.15, -0.1) is 0 Å². The molecule has 0 radical (unpaired) electrons. The van der Waals surface area contributed by atoms with Crippen molar-refractivity contribution in [1.82, 2.24) is 10.6 Å². The van der Waals surface area contributed by atoms with E-state index in [0.29, 0.717) is 11.6 Å². The molecule has 0 atom stereocenters.